The van der Waals surface area contributed by atoms with Crippen molar-refractivity contribution in [2.24, 2.45) is 0 Å². The molecule has 1 N–H and O–H groups in total. The van der Waals surface area contributed by atoms with E-state index in [0.717, 1.165) is 38.8 Å². The first-order chi connectivity index (χ1) is 10.00. The molecular weight excluding hydrogens is 262 g/mol. The van der Waals surface area contributed by atoms with E-state index in [0.29, 0.717) is 11.9 Å². The number of unbranched alkanes of at least 4 members (excludes halogenated alkanes) is 1. The number of rotatable bonds is 7. The van der Waals surface area contributed by atoms with Gasteiger partial charge in [0, 0.05) is 12.6 Å². The van der Waals surface area contributed by atoms with E-state index in [1.54, 1.807) is 0 Å². The minimum atomic E-state index is -0.199. The molecule has 122 valence electrons. The normalized spacial score (nSPS) is 25.0. The van der Waals surface area contributed by atoms with E-state index in [2.05, 4.69) is 42.9 Å². The minimum absolute atomic E-state index is 0.199. The van der Waals surface area contributed by atoms with E-state index >= 15 is 0 Å². The molecule has 0 bridgehead atoms. The van der Waals surface area contributed by atoms with E-state index in [-0.39, 0.29) is 11.7 Å². The van der Waals surface area contributed by atoms with E-state index in [1.807, 2.05) is 0 Å². The summed E-state index contributed by atoms with van der Waals surface area (Å²) in [5, 5.41) is 3.65. The van der Waals surface area contributed by atoms with Gasteiger partial charge in [-0.1, -0.05) is 19.8 Å². The Hall–Kier alpha value is -0.610. The summed E-state index contributed by atoms with van der Waals surface area (Å²) in [4.78, 5) is 17.3. The largest absolute Gasteiger partial charge is 0.326 e. The Labute approximate surface area is 130 Å². The van der Waals surface area contributed by atoms with Crippen LogP contribution in [0.4, 0.5) is 0 Å². The van der Waals surface area contributed by atoms with E-state index in [4.69, 9.17) is 0 Å². The lowest BCUT2D eigenvalue weighted by Crippen LogP contribution is -2.44. The molecule has 0 radical (unpaired) electrons. The maximum atomic E-state index is 12.8. The van der Waals surface area contributed by atoms with Crippen molar-refractivity contribution in [2.45, 2.75) is 83.5 Å². The fourth-order valence-electron chi connectivity index (χ4n) is 3.69. The fourth-order valence-corrected chi connectivity index (χ4v) is 3.69. The fraction of sp³-hybridized carbons (Fsp3) is 0.941. The van der Waals surface area contributed by atoms with Crippen molar-refractivity contribution in [1.29, 1.82) is 0 Å². The first-order valence-electron chi connectivity index (χ1n) is 8.79. The van der Waals surface area contributed by atoms with E-state index in [1.165, 1.54) is 19.3 Å². The molecule has 4 heteroatoms. The van der Waals surface area contributed by atoms with Crippen molar-refractivity contribution >= 4 is 5.91 Å². The minimum Gasteiger partial charge on any atom is -0.326 e. The standard InChI is InChI=1S/C17H33N3O/c1-5-15-18-17(10-6-7-11-17)16(21)20(15)13-9-8-12-19(4)14(2)3/h14-15,18H,5-13H2,1-4H3. The number of hydrogen-bond acceptors (Lipinski definition) is 3. The quantitative estimate of drug-likeness (QED) is 0.733. The first kappa shape index (κ1) is 16.8. The molecule has 2 fully saturated rings. The number of carbonyl (C=O) groups excluding carboxylic acids is 1. The van der Waals surface area contributed by atoms with Crippen LogP contribution in [0.5, 0.6) is 0 Å². The van der Waals surface area contributed by atoms with Gasteiger partial charge in [0.05, 0.1) is 11.7 Å². The van der Waals surface area contributed by atoms with Crippen molar-refractivity contribution in [3.63, 3.8) is 0 Å². The molecule has 1 saturated heterocycles. The highest BCUT2D eigenvalue weighted by atomic mass is 16.2. The number of amides is 1. The van der Waals surface area contributed by atoms with Gasteiger partial charge in [-0.3, -0.25) is 10.1 Å². The molecule has 2 rings (SSSR count). The van der Waals surface area contributed by atoms with Gasteiger partial charge in [0.25, 0.3) is 0 Å². The molecule has 0 aromatic rings. The lowest BCUT2D eigenvalue weighted by molar-refractivity contribution is -0.133. The van der Waals surface area contributed by atoms with Gasteiger partial charge in [-0.15, -0.1) is 0 Å². The Balaban J connectivity index is 1.82. The molecule has 21 heavy (non-hydrogen) atoms. The zero-order valence-electron chi connectivity index (χ0n) is 14.3. The third kappa shape index (κ3) is 3.59. The first-order valence-corrected chi connectivity index (χ1v) is 8.79. The highest BCUT2D eigenvalue weighted by Crippen LogP contribution is 2.37. The summed E-state index contributed by atoms with van der Waals surface area (Å²) in [6.07, 6.45) is 8.02. The van der Waals surface area contributed by atoms with Gasteiger partial charge in [-0.25, -0.2) is 0 Å². The zero-order valence-corrected chi connectivity index (χ0v) is 14.3. The van der Waals surface area contributed by atoms with Crippen LogP contribution in [-0.2, 0) is 4.79 Å². The molecule has 1 spiro atoms. The van der Waals surface area contributed by atoms with Crippen LogP contribution in [0.1, 0.15) is 65.7 Å². The molecule has 1 aliphatic carbocycles. The third-order valence-electron chi connectivity index (χ3n) is 5.37. The molecule has 0 aromatic heterocycles. The number of nitrogens with zero attached hydrogens (tertiary/aromatic N) is 2. The molecule has 1 unspecified atom stereocenters. The maximum Gasteiger partial charge on any atom is 0.244 e. The van der Waals surface area contributed by atoms with Crippen LogP contribution in [0.25, 0.3) is 0 Å². The van der Waals surface area contributed by atoms with Gasteiger partial charge in [0.2, 0.25) is 5.91 Å². The van der Waals surface area contributed by atoms with Crippen LogP contribution < -0.4 is 5.32 Å². The van der Waals surface area contributed by atoms with Crippen LogP contribution in [0.2, 0.25) is 0 Å². The van der Waals surface area contributed by atoms with Crippen LogP contribution in [-0.4, -0.2) is 53.6 Å². The highest BCUT2D eigenvalue weighted by molar-refractivity contribution is 5.89. The third-order valence-corrected chi connectivity index (χ3v) is 5.37. The Kier molecular flexibility index (Phi) is 5.67. The van der Waals surface area contributed by atoms with Crippen molar-refractivity contribution in [3.8, 4) is 0 Å². The summed E-state index contributed by atoms with van der Waals surface area (Å²) in [5.41, 5.74) is -0.199. The van der Waals surface area contributed by atoms with Crippen molar-refractivity contribution in [3.05, 3.63) is 0 Å². The Morgan fingerprint density at radius 1 is 1.33 bits per heavy atom. The topological polar surface area (TPSA) is 35.6 Å². The molecule has 2 aliphatic rings. The van der Waals surface area contributed by atoms with Gasteiger partial charge in [-0.05, 0) is 59.5 Å². The predicted octanol–water partition coefficient (Wildman–Crippen LogP) is 2.59. The summed E-state index contributed by atoms with van der Waals surface area (Å²) in [6.45, 7) is 8.67. The van der Waals surface area contributed by atoms with Crippen LogP contribution >= 0.6 is 0 Å². The summed E-state index contributed by atoms with van der Waals surface area (Å²) in [5.74, 6) is 0.379. The Bertz CT molecular complexity index is 350. The Morgan fingerprint density at radius 3 is 2.57 bits per heavy atom. The molecule has 1 aliphatic heterocycles. The second kappa shape index (κ2) is 7.10. The van der Waals surface area contributed by atoms with E-state index in [9.17, 15) is 4.79 Å². The number of carbonyl (C=O) groups is 1. The summed E-state index contributed by atoms with van der Waals surface area (Å²) in [7, 11) is 2.18. The summed E-state index contributed by atoms with van der Waals surface area (Å²) >= 11 is 0. The average Bonchev–Trinajstić information content (AvgIpc) is 3.03. The van der Waals surface area contributed by atoms with Gasteiger partial charge < -0.3 is 9.80 Å². The second-order valence-corrected chi connectivity index (χ2v) is 7.14. The number of nitrogens with one attached hydrogen (secondary N) is 1. The van der Waals surface area contributed by atoms with Crippen molar-refractivity contribution in [2.75, 3.05) is 20.1 Å². The lowest BCUT2D eigenvalue weighted by Gasteiger charge is -2.25. The summed E-state index contributed by atoms with van der Waals surface area (Å²) in [6, 6.07) is 0.602. The van der Waals surface area contributed by atoms with Crippen molar-refractivity contribution in [1.82, 2.24) is 15.1 Å². The van der Waals surface area contributed by atoms with Crippen LogP contribution in [0, 0.1) is 0 Å². The van der Waals surface area contributed by atoms with Gasteiger partial charge in [0.15, 0.2) is 0 Å². The molecule has 1 amide bonds. The molecule has 1 heterocycles. The molecular formula is C17H33N3O. The molecule has 0 aromatic carbocycles. The molecule has 1 atom stereocenters. The zero-order chi connectivity index (χ0) is 15.5. The Morgan fingerprint density at radius 2 is 2.00 bits per heavy atom. The molecule has 4 nitrogen and oxygen atoms in total. The second-order valence-electron chi connectivity index (χ2n) is 7.14. The monoisotopic (exact) mass is 295 g/mol. The lowest BCUT2D eigenvalue weighted by atomic mass is 9.98. The van der Waals surface area contributed by atoms with Crippen LogP contribution in [0.3, 0.4) is 0 Å². The SMILES string of the molecule is CCC1NC2(CCCC2)C(=O)N1CCCCN(C)C(C)C. The van der Waals surface area contributed by atoms with Gasteiger partial charge in [-0.2, -0.15) is 0 Å². The van der Waals surface area contributed by atoms with Crippen LogP contribution in [0.15, 0.2) is 0 Å². The smallest absolute Gasteiger partial charge is 0.244 e. The van der Waals surface area contributed by atoms with E-state index < -0.39 is 0 Å². The highest BCUT2D eigenvalue weighted by Gasteiger charge is 2.51. The molecule has 1 saturated carbocycles. The average molecular weight is 295 g/mol. The number of hydrogen-bond donors (Lipinski definition) is 1. The van der Waals surface area contributed by atoms with Crippen molar-refractivity contribution < 1.29 is 4.79 Å². The van der Waals surface area contributed by atoms with Gasteiger partial charge in [0.1, 0.15) is 0 Å². The predicted molar refractivity (Wildman–Crippen MR) is 87.1 cm³/mol. The summed E-state index contributed by atoms with van der Waals surface area (Å²) < 4.78 is 0. The maximum absolute atomic E-state index is 12.8. The van der Waals surface area contributed by atoms with Gasteiger partial charge >= 0.3 is 0 Å².